The van der Waals surface area contributed by atoms with Crippen molar-refractivity contribution in [1.82, 2.24) is 14.6 Å². The zero-order chi connectivity index (χ0) is 15.8. The molecule has 114 valence electrons. The van der Waals surface area contributed by atoms with Crippen molar-refractivity contribution in [2.75, 3.05) is 5.32 Å². The third kappa shape index (κ3) is 2.66. The summed E-state index contributed by atoms with van der Waals surface area (Å²) in [5, 5.41) is 21.0. The van der Waals surface area contributed by atoms with Crippen molar-refractivity contribution in [3.63, 3.8) is 0 Å². The molecule has 0 saturated carbocycles. The minimum atomic E-state index is 0.679. The Balaban J connectivity index is 1.87. The van der Waals surface area contributed by atoms with Gasteiger partial charge in [0, 0.05) is 12.1 Å². The molecule has 6 nitrogen and oxygen atoms in total. The SMILES string of the molecule is [O-][n+]1cccc(Nc2cc(-c3cccs3)nc3c(Br)cnn23)c1. The van der Waals surface area contributed by atoms with Gasteiger partial charge in [-0.05, 0) is 33.4 Å². The number of rotatable bonds is 3. The third-order valence-corrected chi connectivity index (χ3v) is 4.70. The first-order valence-electron chi connectivity index (χ1n) is 6.75. The van der Waals surface area contributed by atoms with Gasteiger partial charge in [0.25, 0.3) is 0 Å². The molecule has 0 amide bonds. The fourth-order valence-electron chi connectivity index (χ4n) is 2.25. The van der Waals surface area contributed by atoms with Crippen molar-refractivity contribution in [3.8, 4) is 10.6 Å². The molecule has 1 N–H and O–H groups in total. The average Bonchev–Trinajstić information content (AvgIpc) is 3.18. The largest absolute Gasteiger partial charge is 0.619 e. The van der Waals surface area contributed by atoms with Crippen LogP contribution in [0.4, 0.5) is 11.5 Å². The molecule has 0 atom stereocenters. The Hall–Kier alpha value is -2.45. The van der Waals surface area contributed by atoms with Crippen LogP contribution in [0.3, 0.4) is 0 Å². The van der Waals surface area contributed by atoms with Crippen LogP contribution in [0.25, 0.3) is 16.2 Å². The Morgan fingerprint density at radius 3 is 3.00 bits per heavy atom. The summed E-state index contributed by atoms with van der Waals surface area (Å²) in [6.07, 6.45) is 4.61. The van der Waals surface area contributed by atoms with Gasteiger partial charge in [0.2, 0.25) is 6.20 Å². The Morgan fingerprint density at radius 2 is 2.22 bits per heavy atom. The minimum Gasteiger partial charge on any atom is -0.619 e. The number of hydrogen-bond acceptors (Lipinski definition) is 5. The van der Waals surface area contributed by atoms with Crippen LogP contribution >= 0.6 is 27.3 Å². The number of hydrogen-bond donors (Lipinski definition) is 1. The zero-order valence-electron chi connectivity index (χ0n) is 11.7. The Kier molecular flexibility index (Phi) is 3.47. The summed E-state index contributed by atoms with van der Waals surface area (Å²) in [7, 11) is 0. The summed E-state index contributed by atoms with van der Waals surface area (Å²) < 4.78 is 3.26. The number of aromatic nitrogens is 4. The van der Waals surface area contributed by atoms with Crippen LogP contribution in [-0.4, -0.2) is 14.6 Å². The highest BCUT2D eigenvalue weighted by Crippen LogP contribution is 2.29. The van der Waals surface area contributed by atoms with Gasteiger partial charge < -0.3 is 10.5 Å². The molecule has 0 unspecified atom stereocenters. The number of nitrogens with zero attached hydrogens (tertiary/aromatic N) is 4. The first kappa shape index (κ1) is 14.2. The Labute approximate surface area is 143 Å². The van der Waals surface area contributed by atoms with Crippen LogP contribution in [0.5, 0.6) is 0 Å². The molecule has 23 heavy (non-hydrogen) atoms. The van der Waals surface area contributed by atoms with Crippen LogP contribution in [0.15, 0.2) is 58.8 Å². The first-order chi connectivity index (χ1) is 11.2. The van der Waals surface area contributed by atoms with Crippen molar-refractivity contribution in [3.05, 3.63) is 64.0 Å². The monoisotopic (exact) mass is 387 g/mol. The lowest BCUT2D eigenvalue weighted by Crippen LogP contribution is -2.24. The van der Waals surface area contributed by atoms with Gasteiger partial charge in [0.1, 0.15) is 11.5 Å². The number of nitrogens with one attached hydrogen (secondary N) is 1. The predicted octanol–water partition coefficient (Wildman–Crippen LogP) is 3.60. The fraction of sp³-hybridized carbons (Fsp3) is 0. The summed E-state index contributed by atoms with van der Waals surface area (Å²) in [6.45, 7) is 0. The average molecular weight is 388 g/mol. The molecule has 0 fully saturated rings. The lowest BCUT2D eigenvalue weighted by Gasteiger charge is -2.09. The van der Waals surface area contributed by atoms with Gasteiger partial charge in [-0.1, -0.05) is 6.07 Å². The fourth-order valence-corrected chi connectivity index (χ4v) is 3.29. The summed E-state index contributed by atoms with van der Waals surface area (Å²) in [5.74, 6) is 0.732. The molecule has 4 aromatic heterocycles. The lowest BCUT2D eigenvalue weighted by atomic mass is 10.3. The molecule has 0 spiro atoms. The van der Waals surface area contributed by atoms with Crippen molar-refractivity contribution in [1.29, 1.82) is 0 Å². The molecule has 0 bridgehead atoms. The maximum atomic E-state index is 11.4. The summed E-state index contributed by atoms with van der Waals surface area (Å²) in [6, 6.07) is 9.44. The molecule has 0 aliphatic rings. The van der Waals surface area contributed by atoms with E-state index in [9.17, 15) is 5.21 Å². The van der Waals surface area contributed by atoms with Gasteiger partial charge in [-0.3, -0.25) is 0 Å². The minimum absolute atomic E-state index is 0.679. The first-order valence-corrected chi connectivity index (χ1v) is 8.42. The Morgan fingerprint density at radius 1 is 1.30 bits per heavy atom. The molecule has 0 aliphatic carbocycles. The number of anilines is 2. The van der Waals surface area contributed by atoms with E-state index in [1.54, 1.807) is 28.1 Å². The van der Waals surface area contributed by atoms with E-state index in [2.05, 4.69) is 31.3 Å². The lowest BCUT2D eigenvalue weighted by molar-refractivity contribution is -0.604. The highest BCUT2D eigenvalue weighted by Gasteiger charge is 2.12. The van der Waals surface area contributed by atoms with Crippen molar-refractivity contribution >= 4 is 44.4 Å². The molecule has 4 heterocycles. The van der Waals surface area contributed by atoms with Crippen molar-refractivity contribution in [2.24, 2.45) is 0 Å². The van der Waals surface area contributed by atoms with Crippen molar-refractivity contribution < 1.29 is 4.73 Å². The van der Waals surface area contributed by atoms with Crippen LogP contribution < -0.4 is 10.0 Å². The molecule has 0 aliphatic heterocycles. The van der Waals surface area contributed by atoms with E-state index in [-0.39, 0.29) is 0 Å². The summed E-state index contributed by atoms with van der Waals surface area (Å²) in [5.41, 5.74) is 2.24. The van der Waals surface area contributed by atoms with E-state index in [4.69, 9.17) is 0 Å². The van der Waals surface area contributed by atoms with Crippen LogP contribution in [0, 0.1) is 5.21 Å². The highest BCUT2D eigenvalue weighted by molar-refractivity contribution is 9.10. The molecule has 0 saturated heterocycles. The highest BCUT2D eigenvalue weighted by atomic mass is 79.9. The molecule has 0 aromatic carbocycles. The summed E-state index contributed by atoms with van der Waals surface area (Å²) in [4.78, 5) is 5.72. The van der Waals surface area contributed by atoms with E-state index < -0.39 is 0 Å². The predicted molar refractivity (Wildman–Crippen MR) is 92.7 cm³/mol. The second kappa shape index (κ2) is 5.64. The second-order valence-electron chi connectivity index (χ2n) is 4.81. The number of halogens is 1. The third-order valence-electron chi connectivity index (χ3n) is 3.25. The van der Waals surface area contributed by atoms with Crippen LogP contribution in [0.2, 0.25) is 0 Å². The van der Waals surface area contributed by atoms with Crippen LogP contribution in [-0.2, 0) is 0 Å². The van der Waals surface area contributed by atoms with Gasteiger partial charge in [0.15, 0.2) is 11.8 Å². The number of pyridine rings is 1. The topological polar surface area (TPSA) is 69.2 Å². The smallest absolute Gasteiger partial charge is 0.203 e. The Bertz CT molecular complexity index is 983. The van der Waals surface area contributed by atoms with Gasteiger partial charge >= 0.3 is 0 Å². The molecule has 4 aromatic rings. The quantitative estimate of drug-likeness (QED) is 0.430. The van der Waals surface area contributed by atoms with Gasteiger partial charge in [-0.15, -0.1) is 11.3 Å². The van der Waals surface area contributed by atoms with Crippen molar-refractivity contribution in [2.45, 2.75) is 0 Å². The van der Waals surface area contributed by atoms with E-state index >= 15 is 0 Å². The maximum absolute atomic E-state index is 11.4. The second-order valence-corrected chi connectivity index (χ2v) is 6.61. The molecule has 4 rings (SSSR count). The van der Waals surface area contributed by atoms with E-state index in [0.29, 0.717) is 11.3 Å². The normalized spacial score (nSPS) is 11.0. The van der Waals surface area contributed by atoms with Gasteiger partial charge in [0.05, 0.1) is 21.2 Å². The van der Waals surface area contributed by atoms with Crippen LogP contribution in [0.1, 0.15) is 0 Å². The zero-order valence-corrected chi connectivity index (χ0v) is 14.1. The number of fused-ring (bicyclic) bond motifs is 1. The maximum Gasteiger partial charge on any atom is 0.203 e. The molecular weight excluding hydrogens is 378 g/mol. The molecular formula is C15H10BrN5OS. The van der Waals surface area contributed by atoms with Gasteiger partial charge in [-0.2, -0.15) is 14.3 Å². The number of thiophene rings is 1. The van der Waals surface area contributed by atoms with E-state index in [1.807, 2.05) is 29.6 Å². The molecule has 0 radical (unpaired) electrons. The van der Waals surface area contributed by atoms with E-state index in [1.165, 1.54) is 12.4 Å². The molecule has 8 heteroatoms. The standard InChI is InChI=1S/C15H10BrN5OS/c16-11-8-17-21-14(18-10-3-1-5-20(22)9-10)7-12(19-15(11)21)13-4-2-6-23-13/h1-9,18H. The summed E-state index contributed by atoms with van der Waals surface area (Å²) >= 11 is 5.09. The van der Waals surface area contributed by atoms with E-state index in [0.717, 1.165) is 25.6 Å². The van der Waals surface area contributed by atoms with Gasteiger partial charge in [-0.25, -0.2) is 4.98 Å².